The minimum Gasteiger partial charge on any atom is -0.497 e. The van der Waals surface area contributed by atoms with Crippen LogP contribution < -0.4 is 15.4 Å². The van der Waals surface area contributed by atoms with Crippen LogP contribution in [0, 0.1) is 0 Å². The van der Waals surface area contributed by atoms with Gasteiger partial charge in [-0.25, -0.2) is 4.99 Å². The summed E-state index contributed by atoms with van der Waals surface area (Å²) in [6.45, 7) is 5.57. The molecule has 0 saturated carbocycles. The molecule has 1 heterocycles. The van der Waals surface area contributed by atoms with Gasteiger partial charge in [0.05, 0.1) is 7.11 Å². The van der Waals surface area contributed by atoms with E-state index in [0.717, 1.165) is 57.6 Å². The third kappa shape index (κ3) is 7.80. The number of nitrogens with zero attached hydrogens (tertiary/aromatic N) is 2. The number of carbonyl (C=O) groups is 1. The van der Waals surface area contributed by atoms with Crippen LogP contribution in [0.25, 0.3) is 0 Å². The van der Waals surface area contributed by atoms with Crippen molar-refractivity contribution in [1.29, 1.82) is 0 Å². The number of nitrogens with one attached hydrogen (secondary N) is 2. The first-order chi connectivity index (χ1) is 12.2. The zero-order valence-corrected chi connectivity index (χ0v) is 18.1. The smallest absolute Gasteiger partial charge is 0.244 e. The second kappa shape index (κ2) is 12.8. The molecular formula is C19H31IN4O2. The van der Waals surface area contributed by atoms with Crippen molar-refractivity contribution in [2.45, 2.75) is 32.6 Å². The van der Waals surface area contributed by atoms with Crippen LogP contribution in [0.3, 0.4) is 0 Å². The van der Waals surface area contributed by atoms with Crippen molar-refractivity contribution in [3.63, 3.8) is 0 Å². The van der Waals surface area contributed by atoms with E-state index in [2.05, 4.69) is 27.8 Å². The van der Waals surface area contributed by atoms with Crippen molar-refractivity contribution in [2.24, 2.45) is 4.99 Å². The van der Waals surface area contributed by atoms with Crippen LogP contribution in [0.15, 0.2) is 29.3 Å². The van der Waals surface area contributed by atoms with Crippen molar-refractivity contribution >= 4 is 35.8 Å². The Hall–Kier alpha value is -1.51. The summed E-state index contributed by atoms with van der Waals surface area (Å²) < 4.78 is 5.25. The summed E-state index contributed by atoms with van der Waals surface area (Å²) in [5.74, 6) is 1.72. The number of benzene rings is 1. The van der Waals surface area contributed by atoms with E-state index in [1.165, 1.54) is 5.56 Å². The molecule has 26 heavy (non-hydrogen) atoms. The molecule has 1 aliphatic rings. The highest BCUT2D eigenvalue weighted by molar-refractivity contribution is 14.0. The number of carbonyl (C=O) groups excluding carboxylic acids is 1. The SMILES string of the molecule is CCNC(=NCC(=O)N1CCCC1)NCCCc1cccc(OC)c1.I. The van der Waals surface area contributed by atoms with Gasteiger partial charge in [-0.15, -0.1) is 24.0 Å². The highest BCUT2D eigenvalue weighted by Crippen LogP contribution is 2.13. The molecule has 6 nitrogen and oxygen atoms in total. The standard InChI is InChI=1S/C19H30N4O2.HI/c1-3-20-19(22-15-18(24)23-12-4-5-13-23)21-11-7-9-16-8-6-10-17(14-16)25-2;/h6,8,10,14H,3-5,7,9,11-13,15H2,1-2H3,(H2,20,21,22);1H. The zero-order valence-electron chi connectivity index (χ0n) is 15.8. The Morgan fingerprint density at radius 1 is 1.27 bits per heavy atom. The molecule has 0 unspecified atom stereocenters. The molecule has 0 spiro atoms. The average Bonchev–Trinajstić information content (AvgIpc) is 3.18. The number of rotatable bonds is 8. The molecule has 1 aromatic carbocycles. The van der Waals surface area contributed by atoms with E-state index in [1.54, 1.807) is 7.11 Å². The topological polar surface area (TPSA) is 66.0 Å². The molecule has 1 fully saturated rings. The molecule has 1 amide bonds. The molecule has 0 atom stereocenters. The Labute approximate surface area is 173 Å². The molecule has 0 bridgehead atoms. The number of ether oxygens (including phenoxy) is 1. The molecule has 1 aromatic rings. The van der Waals surface area contributed by atoms with Crippen LogP contribution >= 0.6 is 24.0 Å². The lowest BCUT2D eigenvalue weighted by atomic mass is 10.1. The summed E-state index contributed by atoms with van der Waals surface area (Å²) in [7, 11) is 1.68. The summed E-state index contributed by atoms with van der Waals surface area (Å²) >= 11 is 0. The summed E-state index contributed by atoms with van der Waals surface area (Å²) in [5.41, 5.74) is 1.26. The van der Waals surface area contributed by atoms with E-state index in [4.69, 9.17) is 4.74 Å². The van der Waals surface area contributed by atoms with Gasteiger partial charge in [0.1, 0.15) is 12.3 Å². The molecule has 146 valence electrons. The number of aryl methyl sites for hydroxylation is 1. The van der Waals surface area contributed by atoms with Gasteiger partial charge in [-0.2, -0.15) is 0 Å². The number of halogens is 1. The normalized spacial score (nSPS) is 13.9. The van der Waals surface area contributed by atoms with Gasteiger partial charge in [-0.3, -0.25) is 4.79 Å². The van der Waals surface area contributed by atoms with Gasteiger partial charge >= 0.3 is 0 Å². The molecule has 0 radical (unpaired) electrons. The third-order valence-corrected chi connectivity index (χ3v) is 4.24. The quantitative estimate of drug-likeness (QED) is 0.263. The summed E-state index contributed by atoms with van der Waals surface area (Å²) in [6, 6.07) is 8.14. The third-order valence-electron chi connectivity index (χ3n) is 4.24. The van der Waals surface area contributed by atoms with Crippen LogP contribution in [-0.4, -0.2) is 56.6 Å². The van der Waals surface area contributed by atoms with E-state index in [1.807, 2.05) is 24.0 Å². The predicted octanol–water partition coefficient (Wildman–Crippen LogP) is 2.42. The van der Waals surface area contributed by atoms with Gasteiger partial charge in [0.25, 0.3) is 0 Å². The number of hydrogen-bond donors (Lipinski definition) is 2. The van der Waals surface area contributed by atoms with E-state index in [9.17, 15) is 4.79 Å². The van der Waals surface area contributed by atoms with Crippen molar-refractivity contribution < 1.29 is 9.53 Å². The number of guanidine groups is 1. The fraction of sp³-hybridized carbons (Fsp3) is 0.579. The lowest BCUT2D eigenvalue weighted by Crippen LogP contribution is -2.39. The van der Waals surface area contributed by atoms with E-state index in [0.29, 0.717) is 5.96 Å². The molecule has 1 saturated heterocycles. The monoisotopic (exact) mass is 474 g/mol. The number of hydrogen-bond acceptors (Lipinski definition) is 3. The Morgan fingerprint density at radius 2 is 2.04 bits per heavy atom. The van der Waals surface area contributed by atoms with Crippen molar-refractivity contribution in [3.05, 3.63) is 29.8 Å². The number of aliphatic imine (C=N–C) groups is 1. The lowest BCUT2D eigenvalue weighted by molar-refractivity contribution is -0.128. The molecule has 0 aliphatic carbocycles. The highest BCUT2D eigenvalue weighted by Gasteiger charge is 2.17. The number of amides is 1. The first kappa shape index (κ1) is 22.5. The first-order valence-corrected chi connectivity index (χ1v) is 9.16. The Balaban J connectivity index is 0.00000338. The lowest BCUT2D eigenvalue weighted by Gasteiger charge is -2.15. The summed E-state index contributed by atoms with van der Waals surface area (Å²) in [6.07, 6.45) is 4.17. The van der Waals surface area contributed by atoms with Gasteiger partial charge in [0.15, 0.2) is 5.96 Å². The van der Waals surface area contributed by atoms with E-state index >= 15 is 0 Å². The number of likely N-dealkylation sites (tertiary alicyclic amines) is 1. The fourth-order valence-electron chi connectivity index (χ4n) is 2.88. The van der Waals surface area contributed by atoms with Crippen molar-refractivity contribution in [3.8, 4) is 5.75 Å². The molecule has 7 heteroatoms. The maximum Gasteiger partial charge on any atom is 0.244 e. The minimum absolute atomic E-state index is 0. The van der Waals surface area contributed by atoms with Gasteiger partial charge in [-0.05, 0) is 50.3 Å². The maximum atomic E-state index is 12.1. The second-order valence-electron chi connectivity index (χ2n) is 6.16. The predicted molar refractivity (Wildman–Crippen MR) is 117 cm³/mol. The van der Waals surface area contributed by atoms with Crippen LogP contribution in [-0.2, 0) is 11.2 Å². The summed E-state index contributed by atoms with van der Waals surface area (Å²) in [5, 5.41) is 6.50. The van der Waals surface area contributed by atoms with Gasteiger partial charge in [0, 0.05) is 26.2 Å². The number of methoxy groups -OCH3 is 1. The Morgan fingerprint density at radius 3 is 2.73 bits per heavy atom. The van der Waals surface area contributed by atoms with Crippen molar-refractivity contribution in [2.75, 3.05) is 39.8 Å². The van der Waals surface area contributed by atoms with Crippen LogP contribution in [0.2, 0.25) is 0 Å². The van der Waals surface area contributed by atoms with Gasteiger partial charge in [0.2, 0.25) is 5.91 Å². The Kier molecular flexibility index (Phi) is 11.1. The van der Waals surface area contributed by atoms with Crippen LogP contribution in [0.4, 0.5) is 0 Å². The molecular weight excluding hydrogens is 443 g/mol. The largest absolute Gasteiger partial charge is 0.497 e. The average molecular weight is 474 g/mol. The summed E-state index contributed by atoms with van der Waals surface area (Å²) in [4.78, 5) is 18.4. The van der Waals surface area contributed by atoms with Crippen LogP contribution in [0.5, 0.6) is 5.75 Å². The first-order valence-electron chi connectivity index (χ1n) is 9.16. The maximum absolute atomic E-state index is 12.1. The highest BCUT2D eigenvalue weighted by atomic mass is 127. The molecule has 1 aliphatic heterocycles. The van der Waals surface area contributed by atoms with E-state index < -0.39 is 0 Å². The van der Waals surface area contributed by atoms with Gasteiger partial charge < -0.3 is 20.3 Å². The minimum atomic E-state index is 0. The van der Waals surface area contributed by atoms with Crippen LogP contribution in [0.1, 0.15) is 31.7 Å². The Bertz CT molecular complexity index is 574. The van der Waals surface area contributed by atoms with E-state index in [-0.39, 0.29) is 36.4 Å². The fourth-order valence-corrected chi connectivity index (χ4v) is 2.88. The van der Waals surface area contributed by atoms with Gasteiger partial charge in [-0.1, -0.05) is 12.1 Å². The molecule has 0 aromatic heterocycles. The molecule has 2 N–H and O–H groups in total. The van der Waals surface area contributed by atoms with Crippen molar-refractivity contribution in [1.82, 2.24) is 15.5 Å². The molecule has 2 rings (SSSR count). The second-order valence-corrected chi connectivity index (χ2v) is 6.16. The zero-order chi connectivity index (χ0) is 17.9.